The van der Waals surface area contributed by atoms with Gasteiger partial charge in [0.25, 0.3) is 10.0 Å². The lowest BCUT2D eigenvalue weighted by Crippen LogP contribution is -2.17. The van der Waals surface area contributed by atoms with Crippen LogP contribution in [0.4, 0.5) is 5.69 Å². The Bertz CT molecular complexity index is 972. The molecule has 1 aliphatic rings. The highest BCUT2D eigenvalue weighted by Crippen LogP contribution is 2.31. The van der Waals surface area contributed by atoms with Crippen LogP contribution in [0.15, 0.2) is 48.8 Å². The molecule has 112 valence electrons. The van der Waals surface area contributed by atoms with Crippen molar-refractivity contribution in [3.63, 3.8) is 0 Å². The lowest BCUT2D eigenvalue weighted by atomic mass is 10.0. The number of nitrogen functional groups attached to an aromatic ring is 1. The van der Waals surface area contributed by atoms with Gasteiger partial charge in [0.1, 0.15) is 0 Å². The first-order valence-corrected chi connectivity index (χ1v) is 8.63. The van der Waals surface area contributed by atoms with Gasteiger partial charge >= 0.3 is 0 Å². The minimum absolute atomic E-state index is 0.264. The summed E-state index contributed by atoms with van der Waals surface area (Å²) in [5, 5.41) is 5.88. The number of benzene rings is 2. The Morgan fingerprint density at radius 1 is 1.05 bits per heavy atom. The molecule has 0 unspecified atom stereocenters. The zero-order valence-corrected chi connectivity index (χ0v) is 12.6. The van der Waals surface area contributed by atoms with Crippen molar-refractivity contribution in [2.24, 2.45) is 0 Å². The third-order valence-electron chi connectivity index (χ3n) is 3.96. The smallest absolute Gasteiger partial charge is 0.256 e. The standard InChI is InChI=1S/C16H15N3O2S/c17-15-4-3-11-7-12(1-2-13(11)8-15)14-9-18-19(10-14)22(20,21)16-5-6-16/h1-4,7-10,16H,5-6,17H2. The number of fused-ring (bicyclic) bond motifs is 1. The Kier molecular flexibility index (Phi) is 2.77. The van der Waals surface area contributed by atoms with Crippen LogP contribution in [0.25, 0.3) is 21.9 Å². The second-order valence-corrected chi connectivity index (χ2v) is 7.74. The summed E-state index contributed by atoms with van der Waals surface area (Å²) >= 11 is 0. The summed E-state index contributed by atoms with van der Waals surface area (Å²) in [6.45, 7) is 0. The van der Waals surface area contributed by atoms with Gasteiger partial charge in [-0.05, 0) is 47.4 Å². The topological polar surface area (TPSA) is 78.0 Å². The summed E-state index contributed by atoms with van der Waals surface area (Å²) < 4.78 is 25.5. The van der Waals surface area contributed by atoms with Crippen LogP contribution in [0, 0.1) is 0 Å². The van der Waals surface area contributed by atoms with Gasteiger partial charge in [-0.2, -0.15) is 9.19 Å². The van der Waals surface area contributed by atoms with Gasteiger partial charge < -0.3 is 5.73 Å². The highest BCUT2D eigenvalue weighted by Gasteiger charge is 2.37. The van der Waals surface area contributed by atoms with Crippen molar-refractivity contribution in [1.82, 2.24) is 9.19 Å². The van der Waals surface area contributed by atoms with Crippen LogP contribution in [-0.4, -0.2) is 22.9 Å². The van der Waals surface area contributed by atoms with Crippen LogP contribution in [-0.2, 0) is 10.0 Å². The van der Waals surface area contributed by atoms with Crippen LogP contribution < -0.4 is 5.73 Å². The van der Waals surface area contributed by atoms with E-state index in [9.17, 15) is 8.42 Å². The number of hydrogen-bond donors (Lipinski definition) is 1. The maximum atomic E-state index is 12.2. The van der Waals surface area contributed by atoms with E-state index < -0.39 is 10.0 Å². The first-order chi connectivity index (χ1) is 10.5. The fourth-order valence-electron chi connectivity index (χ4n) is 2.56. The summed E-state index contributed by atoms with van der Waals surface area (Å²) in [6, 6.07) is 11.7. The van der Waals surface area contributed by atoms with Crippen LogP contribution in [0.3, 0.4) is 0 Å². The van der Waals surface area contributed by atoms with E-state index in [1.54, 1.807) is 12.4 Å². The summed E-state index contributed by atoms with van der Waals surface area (Å²) in [5.74, 6) is 0. The van der Waals surface area contributed by atoms with Gasteiger partial charge in [-0.1, -0.05) is 18.2 Å². The van der Waals surface area contributed by atoms with Gasteiger partial charge in [0, 0.05) is 11.3 Å². The lowest BCUT2D eigenvalue weighted by Gasteiger charge is -2.03. The van der Waals surface area contributed by atoms with Crippen LogP contribution >= 0.6 is 0 Å². The first-order valence-electron chi connectivity index (χ1n) is 7.13. The Balaban J connectivity index is 1.76. The lowest BCUT2D eigenvalue weighted by molar-refractivity contribution is 0.578. The van der Waals surface area contributed by atoms with Crippen molar-refractivity contribution >= 4 is 26.5 Å². The van der Waals surface area contributed by atoms with E-state index in [1.807, 2.05) is 36.4 Å². The predicted octanol–water partition coefficient (Wildman–Crippen LogP) is 2.63. The second kappa shape index (κ2) is 4.58. The number of nitrogens with zero attached hydrogens (tertiary/aromatic N) is 2. The van der Waals surface area contributed by atoms with Crippen molar-refractivity contribution in [2.75, 3.05) is 5.73 Å². The fraction of sp³-hybridized carbons (Fsp3) is 0.188. The average Bonchev–Trinajstić information content (AvgIpc) is 3.24. The molecule has 1 heterocycles. The van der Waals surface area contributed by atoms with E-state index in [0.29, 0.717) is 0 Å². The molecule has 22 heavy (non-hydrogen) atoms. The molecule has 1 aliphatic carbocycles. The van der Waals surface area contributed by atoms with E-state index in [-0.39, 0.29) is 5.25 Å². The number of nitrogens with two attached hydrogens (primary N) is 1. The Morgan fingerprint density at radius 3 is 2.55 bits per heavy atom. The highest BCUT2D eigenvalue weighted by molar-refractivity contribution is 7.90. The number of aromatic nitrogens is 2. The molecule has 0 spiro atoms. The predicted molar refractivity (Wildman–Crippen MR) is 86.9 cm³/mol. The van der Waals surface area contributed by atoms with Gasteiger partial charge in [0.05, 0.1) is 17.6 Å². The van der Waals surface area contributed by atoms with Gasteiger partial charge in [0.2, 0.25) is 0 Å². The van der Waals surface area contributed by atoms with Gasteiger partial charge in [0.15, 0.2) is 0 Å². The molecule has 5 nitrogen and oxygen atoms in total. The van der Waals surface area contributed by atoms with Crippen molar-refractivity contribution < 1.29 is 8.42 Å². The van der Waals surface area contributed by atoms with Crippen molar-refractivity contribution in [1.29, 1.82) is 0 Å². The zero-order valence-electron chi connectivity index (χ0n) is 11.8. The minimum atomic E-state index is -3.31. The average molecular weight is 313 g/mol. The summed E-state index contributed by atoms with van der Waals surface area (Å²) in [4.78, 5) is 0. The van der Waals surface area contributed by atoms with Crippen LogP contribution in [0.1, 0.15) is 12.8 Å². The summed E-state index contributed by atoms with van der Waals surface area (Å²) in [5.41, 5.74) is 8.24. The quantitative estimate of drug-likeness (QED) is 0.754. The molecule has 4 rings (SSSR count). The molecule has 1 aromatic heterocycles. The SMILES string of the molecule is Nc1ccc2cc(-c3cnn(S(=O)(=O)C4CC4)c3)ccc2c1. The Morgan fingerprint density at radius 2 is 1.77 bits per heavy atom. The first kappa shape index (κ1) is 13.3. The molecule has 0 amide bonds. The molecule has 1 saturated carbocycles. The largest absolute Gasteiger partial charge is 0.399 e. The molecular formula is C16H15N3O2S. The maximum Gasteiger partial charge on any atom is 0.256 e. The van der Waals surface area contributed by atoms with Crippen LogP contribution in [0.2, 0.25) is 0 Å². The van der Waals surface area contributed by atoms with E-state index in [4.69, 9.17) is 5.73 Å². The summed E-state index contributed by atoms with van der Waals surface area (Å²) in [6.07, 6.45) is 4.65. The third kappa shape index (κ3) is 2.16. The van der Waals surface area contributed by atoms with Crippen molar-refractivity contribution in [3.8, 4) is 11.1 Å². The Labute approximate surface area is 128 Å². The van der Waals surface area contributed by atoms with Gasteiger partial charge in [-0.3, -0.25) is 0 Å². The molecule has 2 N–H and O–H groups in total. The maximum absolute atomic E-state index is 12.2. The molecule has 0 atom stereocenters. The third-order valence-corrected chi connectivity index (χ3v) is 6.00. The fourth-order valence-corrected chi connectivity index (χ4v) is 4.03. The molecule has 0 bridgehead atoms. The van der Waals surface area contributed by atoms with Crippen molar-refractivity contribution in [2.45, 2.75) is 18.1 Å². The Hall–Kier alpha value is -2.34. The normalized spacial score (nSPS) is 15.3. The monoisotopic (exact) mass is 313 g/mol. The van der Waals surface area contributed by atoms with Gasteiger partial charge in [-0.25, -0.2) is 8.42 Å². The zero-order chi connectivity index (χ0) is 15.3. The second-order valence-electron chi connectivity index (χ2n) is 5.67. The molecule has 0 radical (unpaired) electrons. The number of rotatable bonds is 3. The highest BCUT2D eigenvalue weighted by atomic mass is 32.2. The molecule has 1 fully saturated rings. The molecule has 2 aromatic carbocycles. The molecule has 6 heteroatoms. The molecule has 0 saturated heterocycles. The van der Waals surface area contributed by atoms with E-state index in [1.165, 1.54) is 0 Å². The van der Waals surface area contributed by atoms with E-state index >= 15 is 0 Å². The summed E-state index contributed by atoms with van der Waals surface area (Å²) in [7, 11) is -3.31. The van der Waals surface area contributed by atoms with E-state index in [2.05, 4.69) is 5.10 Å². The van der Waals surface area contributed by atoms with Crippen LogP contribution in [0.5, 0.6) is 0 Å². The number of anilines is 1. The van der Waals surface area contributed by atoms with E-state index in [0.717, 1.165) is 44.5 Å². The minimum Gasteiger partial charge on any atom is -0.399 e. The number of hydrogen-bond acceptors (Lipinski definition) is 4. The van der Waals surface area contributed by atoms with Crippen molar-refractivity contribution in [3.05, 3.63) is 48.8 Å². The molecular weight excluding hydrogens is 298 g/mol. The van der Waals surface area contributed by atoms with Gasteiger partial charge in [-0.15, -0.1) is 0 Å². The molecule has 0 aliphatic heterocycles. The molecule has 3 aromatic rings.